The molecule has 3 heteroatoms. The quantitative estimate of drug-likeness (QED) is 0.874. The summed E-state index contributed by atoms with van der Waals surface area (Å²) < 4.78 is 13.5. The molecule has 19 heavy (non-hydrogen) atoms. The summed E-state index contributed by atoms with van der Waals surface area (Å²) in [4.78, 5) is 0. The molecule has 1 aliphatic rings. The summed E-state index contributed by atoms with van der Waals surface area (Å²) in [5, 5.41) is 6.74. The number of fused-ring (bicyclic) bond motifs is 1. The number of rotatable bonds is 3. The number of para-hydroxylation sites is 1. The third kappa shape index (κ3) is 2.28. The van der Waals surface area contributed by atoms with Crippen LogP contribution in [0.15, 0.2) is 36.4 Å². The van der Waals surface area contributed by atoms with Crippen molar-refractivity contribution in [2.24, 2.45) is 0 Å². The van der Waals surface area contributed by atoms with E-state index in [1.54, 1.807) is 13.0 Å². The second-order valence-electron chi connectivity index (χ2n) is 4.89. The fourth-order valence-electron chi connectivity index (χ4n) is 2.55. The van der Waals surface area contributed by atoms with Crippen molar-refractivity contribution < 1.29 is 4.39 Å². The fraction of sp³-hybridized carbons (Fsp3) is 0.250. The van der Waals surface area contributed by atoms with E-state index in [2.05, 4.69) is 28.8 Å². The van der Waals surface area contributed by atoms with Gasteiger partial charge in [-0.25, -0.2) is 4.39 Å². The van der Waals surface area contributed by atoms with Crippen LogP contribution < -0.4 is 10.6 Å². The van der Waals surface area contributed by atoms with Crippen molar-refractivity contribution in [3.63, 3.8) is 0 Å². The highest BCUT2D eigenvalue weighted by molar-refractivity contribution is 5.62. The second-order valence-corrected chi connectivity index (χ2v) is 4.89. The van der Waals surface area contributed by atoms with Gasteiger partial charge < -0.3 is 10.6 Å². The summed E-state index contributed by atoms with van der Waals surface area (Å²) in [6, 6.07) is 11.5. The molecule has 2 nitrogen and oxygen atoms in total. The van der Waals surface area contributed by atoms with E-state index >= 15 is 0 Å². The number of hydrogen-bond donors (Lipinski definition) is 2. The van der Waals surface area contributed by atoms with E-state index in [1.165, 1.54) is 22.9 Å². The first kappa shape index (κ1) is 12.0. The molecule has 2 N–H and O–H groups in total. The molecule has 0 radical (unpaired) electrons. The molecule has 0 atom stereocenters. The molecule has 1 aliphatic heterocycles. The maximum atomic E-state index is 13.5. The molecule has 2 aromatic rings. The van der Waals surface area contributed by atoms with Gasteiger partial charge in [0.2, 0.25) is 0 Å². The number of hydrogen-bond acceptors (Lipinski definition) is 2. The van der Waals surface area contributed by atoms with Gasteiger partial charge in [-0.2, -0.15) is 0 Å². The van der Waals surface area contributed by atoms with E-state index in [0.717, 1.165) is 18.7 Å². The molecule has 0 aromatic heterocycles. The minimum absolute atomic E-state index is 0.165. The van der Waals surface area contributed by atoms with Gasteiger partial charge in [-0.1, -0.05) is 24.3 Å². The van der Waals surface area contributed by atoms with Gasteiger partial charge in [-0.15, -0.1) is 0 Å². The van der Waals surface area contributed by atoms with Gasteiger partial charge in [-0.05, 0) is 36.6 Å². The van der Waals surface area contributed by atoms with Gasteiger partial charge in [0.1, 0.15) is 5.82 Å². The predicted molar refractivity (Wildman–Crippen MR) is 77.1 cm³/mol. The maximum absolute atomic E-state index is 13.5. The van der Waals surface area contributed by atoms with Crippen molar-refractivity contribution in [3.05, 3.63) is 58.9 Å². The molecule has 0 unspecified atom stereocenters. The highest BCUT2D eigenvalue weighted by Gasteiger charge is 2.13. The predicted octanol–water partition coefficient (Wildman–Crippen LogP) is 3.71. The van der Waals surface area contributed by atoms with Crippen LogP contribution in [0.4, 0.5) is 15.8 Å². The molecular formula is C16H17FN2. The van der Waals surface area contributed by atoms with Crippen molar-refractivity contribution in [2.75, 3.05) is 17.2 Å². The van der Waals surface area contributed by atoms with E-state index in [0.29, 0.717) is 12.1 Å². The van der Waals surface area contributed by atoms with Crippen molar-refractivity contribution in [3.8, 4) is 0 Å². The lowest BCUT2D eigenvalue weighted by Crippen LogP contribution is -2.04. The molecule has 0 saturated carbocycles. The average molecular weight is 256 g/mol. The first-order valence-corrected chi connectivity index (χ1v) is 6.59. The Balaban J connectivity index is 1.80. The van der Waals surface area contributed by atoms with E-state index in [9.17, 15) is 4.39 Å². The summed E-state index contributed by atoms with van der Waals surface area (Å²) in [7, 11) is 0. The Hall–Kier alpha value is -2.03. The first-order valence-electron chi connectivity index (χ1n) is 6.59. The van der Waals surface area contributed by atoms with Gasteiger partial charge in [0.15, 0.2) is 0 Å². The summed E-state index contributed by atoms with van der Waals surface area (Å²) >= 11 is 0. The molecular weight excluding hydrogens is 239 g/mol. The first-order chi connectivity index (χ1) is 9.25. The summed E-state index contributed by atoms with van der Waals surface area (Å²) in [6.45, 7) is 3.51. The zero-order valence-corrected chi connectivity index (χ0v) is 11.0. The minimum atomic E-state index is -0.165. The molecule has 0 bridgehead atoms. The fourth-order valence-corrected chi connectivity index (χ4v) is 2.55. The van der Waals surface area contributed by atoms with Crippen molar-refractivity contribution in [1.29, 1.82) is 0 Å². The Morgan fingerprint density at radius 2 is 2.05 bits per heavy atom. The van der Waals surface area contributed by atoms with Crippen LogP contribution in [-0.2, 0) is 13.0 Å². The highest BCUT2D eigenvalue weighted by atomic mass is 19.1. The largest absolute Gasteiger partial charge is 0.384 e. The topological polar surface area (TPSA) is 24.1 Å². The Morgan fingerprint density at radius 3 is 2.95 bits per heavy atom. The Bertz CT molecular complexity index is 608. The van der Waals surface area contributed by atoms with Crippen LogP contribution in [0.1, 0.15) is 16.7 Å². The molecule has 98 valence electrons. The van der Waals surface area contributed by atoms with Crippen LogP contribution in [0.5, 0.6) is 0 Å². The lowest BCUT2D eigenvalue weighted by Gasteiger charge is -2.13. The van der Waals surface area contributed by atoms with Crippen LogP contribution in [0.25, 0.3) is 0 Å². The smallest absolute Gasteiger partial charge is 0.128 e. The van der Waals surface area contributed by atoms with Crippen LogP contribution >= 0.6 is 0 Å². The standard InChI is InChI=1S/C16H17FN2/c1-11-14(17)6-3-7-15(11)19-10-13-5-2-4-12-8-9-18-16(12)13/h2-7,18-19H,8-10H2,1H3. The number of halogens is 1. The van der Waals surface area contributed by atoms with Crippen molar-refractivity contribution >= 4 is 11.4 Å². The van der Waals surface area contributed by atoms with Crippen molar-refractivity contribution in [1.82, 2.24) is 0 Å². The van der Waals surface area contributed by atoms with E-state index < -0.39 is 0 Å². The Morgan fingerprint density at radius 1 is 1.21 bits per heavy atom. The maximum Gasteiger partial charge on any atom is 0.128 e. The number of nitrogens with one attached hydrogen (secondary N) is 2. The van der Waals surface area contributed by atoms with Gasteiger partial charge in [0.05, 0.1) is 0 Å². The second kappa shape index (κ2) is 4.92. The molecule has 0 fully saturated rings. The highest BCUT2D eigenvalue weighted by Crippen LogP contribution is 2.27. The van der Waals surface area contributed by atoms with Crippen molar-refractivity contribution in [2.45, 2.75) is 19.9 Å². The molecule has 1 heterocycles. The average Bonchev–Trinajstić information content (AvgIpc) is 2.89. The summed E-state index contributed by atoms with van der Waals surface area (Å²) in [5.74, 6) is -0.165. The Kier molecular flexibility index (Phi) is 3.11. The monoisotopic (exact) mass is 256 g/mol. The van der Waals surface area contributed by atoms with E-state index in [1.807, 2.05) is 6.07 Å². The van der Waals surface area contributed by atoms with Gasteiger partial charge in [-0.3, -0.25) is 0 Å². The molecule has 0 spiro atoms. The lowest BCUT2D eigenvalue weighted by molar-refractivity contribution is 0.619. The third-order valence-corrected chi connectivity index (χ3v) is 3.67. The molecule has 3 rings (SSSR count). The van der Waals surface area contributed by atoms with Gasteiger partial charge in [0, 0.05) is 30.0 Å². The van der Waals surface area contributed by atoms with E-state index in [4.69, 9.17) is 0 Å². The lowest BCUT2D eigenvalue weighted by atomic mass is 10.1. The van der Waals surface area contributed by atoms with Crippen LogP contribution in [0.3, 0.4) is 0 Å². The molecule has 0 aliphatic carbocycles. The number of anilines is 2. The van der Waals surface area contributed by atoms with Gasteiger partial charge in [0.25, 0.3) is 0 Å². The summed E-state index contributed by atoms with van der Waals surface area (Å²) in [6.07, 6.45) is 1.09. The van der Waals surface area contributed by atoms with Crippen LogP contribution in [0, 0.1) is 12.7 Å². The molecule has 0 saturated heterocycles. The third-order valence-electron chi connectivity index (χ3n) is 3.67. The van der Waals surface area contributed by atoms with E-state index in [-0.39, 0.29) is 5.82 Å². The Labute approximate surface area is 112 Å². The van der Waals surface area contributed by atoms with Crippen LogP contribution in [-0.4, -0.2) is 6.54 Å². The zero-order chi connectivity index (χ0) is 13.2. The summed E-state index contributed by atoms with van der Waals surface area (Å²) in [5.41, 5.74) is 5.37. The van der Waals surface area contributed by atoms with Gasteiger partial charge >= 0.3 is 0 Å². The SMILES string of the molecule is Cc1c(F)cccc1NCc1cccc2c1NCC2. The molecule has 2 aromatic carbocycles. The zero-order valence-electron chi connectivity index (χ0n) is 11.0. The van der Waals surface area contributed by atoms with Crippen LogP contribution in [0.2, 0.25) is 0 Å². The minimum Gasteiger partial charge on any atom is -0.384 e. The number of benzene rings is 2. The normalized spacial score (nSPS) is 12.9. The molecule has 0 amide bonds.